The van der Waals surface area contributed by atoms with E-state index >= 15 is 0 Å². The van der Waals surface area contributed by atoms with Crippen molar-refractivity contribution in [1.82, 2.24) is 5.32 Å². The Bertz CT molecular complexity index is 1090. The maximum atomic E-state index is 14.5. The Morgan fingerprint density at radius 1 is 0.696 bits per heavy atom. The smallest absolute Gasteiger partial charge is 0.460 e. The van der Waals surface area contributed by atoms with Crippen LogP contribution in [0.25, 0.3) is 0 Å². The highest BCUT2D eigenvalue weighted by atomic mass is 19.4. The third kappa shape index (κ3) is 10.8. The number of hydrogen-bond donors (Lipinski definition) is 1. The van der Waals surface area contributed by atoms with Gasteiger partial charge in [0.25, 0.3) is 5.67 Å². The van der Waals surface area contributed by atoms with Crippen molar-refractivity contribution in [3.63, 3.8) is 0 Å². The topological polar surface area (TPSA) is 126 Å². The predicted octanol–water partition coefficient (Wildman–Crippen LogP) is 5.41. The molecule has 2 atom stereocenters. The summed E-state index contributed by atoms with van der Waals surface area (Å²) in [7, 11) is 0. The number of esters is 3. The molecule has 2 unspecified atom stereocenters. The van der Waals surface area contributed by atoms with Crippen molar-refractivity contribution < 1.29 is 86.8 Å². The second-order valence-electron chi connectivity index (χ2n) is 10.6. The quantitative estimate of drug-likeness (QED) is 0.104. The summed E-state index contributed by atoms with van der Waals surface area (Å²) in [5, 5.41) is 2.37. The number of carbonyl (C=O) groups excluding carboxylic acids is 4. The third-order valence-electron chi connectivity index (χ3n) is 6.64. The molecule has 1 aliphatic rings. The summed E-state index contributed by atoms with van der Waals surface area (Å²) in [5.74, 6) is -12.1. The molecule has 0 aromatic carbocycles. The van der Waals surface area contributed by atoms with Gasteiger partial charge in [-0.3, -0.25) is 4.74 Å². The van der Waals surface area contributed by atoms with E-state index in [1.165, 1.54) is 6.92 Å². The zero-order valence-corrected chi connectivity index (χ0v) is 24.3. The van der Waals surface area contributed by atoms with Crippen LogP contribution in [0.4, 0.5) is 48.7 Å². The summed E-state index contributed by atoms with van der Waals surface area (Å²) >= 11 is 0. The molecule has 1 saturated carbocycles. The summed E-state index contributed by atoms with van der Waals surface area (Å²) in [4.78, 5) is 47.0. The van der Waals surface area contributed by atoms with Gasteiger partial charge in [0.2, 0.25) is 0 Å². The lowest BCUT2D eigenvalue weighted by Crippen LogP contribution is -2.62. The van der Waals surface area contributed by atoms with Crippen LogP contribution in [0.15, 0.2) is 25.3 Å². The van der Waals surface area contributed by atoms with Crippen molar-refractivity contribution in [3.8, 4) is 0 Å². The van der Waals surface area contributed by atoms with Crippen LogP contribution >= 0.6 is 0 Å². The van der Waals surface area contributed by atoms with Crippen LogP contribution in [0.2, 0.25) is 0 Å². The SMILES string of the molecule is C=CC(=O)OCC(C)(COC(=O)C=C)NC(=O)OCC1CCC(COC(=O)C(F)(OC(F)(F)C(C)(F)C(F)(F)F)C(F)(F)F)CC1. The lowest BCUT2D eigenvalue weighted by Gasteiger charge is -2.36. The molecule has 0 saturated heterocycles. The first kappa shape index (κ1) is 40.4. The molecule has 20 heteroatoms. The average molecular weight is 692 g/mol. The maximum Gasteiger partial charge on any atom is 0.460 e. The predicted molar refractivity (Wildman–Crippen MR) is 133 cm³/mol. The van der Waals surface area contributed by atoms with Gasteiger partial charge in [-0.1, -0.05) is 13.2 Å². The van der Waals surface area contributed by atoms with Crippen molar-refractivity contribution in [2.75, 3.05) is 26.4 Å². The monoisotopic (exact) mass is 691 g/mol. The number of nitrogens with one attached hydrogen (secondary N) is 1. The molecule has 46 heavy (non-hydrogen) atoms. The Morgan fingerprint density at radius 2 is 1.11 bits per heavy atom. The van der Waals surface area contributed by atoms with Crippen LogP contribution in [0.1, 0.15) is 39.5 Å². The van der Waals surface area contributed by atoms with E-state index in [4.69, 9.17) is 14.2 Å². The summed E-state index contributed by atoms with van der Waals surface area (Å²) in [6.07, 6.45) is -18.5. The van der Waals surface area contributed by atoms with Gasteiger partial charge in [0, 0.05) is 12.2 Å². The number of alkyl halides is 10. The molecule has 10 nitrogen and oxygen atoms in total. The molecule has 0 heterocycles. The second-order valence-corrected chi connectivity index (χ2v) is 10.6. The van der Waals surface area contributed by atoms with Crippen molar-refractivity contribution in [2.45, 2.75) is 75.1 Å². The number of alkyl carbamates (subject to hydrolysis) is 1. The average Bonchev–Trinajstić information content (AvgIpc) is 2.95. The van der Waals surface area contributed by atoms with Gasteiger partial charge in [-0.25, -0.2) is 23.6 Å². The van der Waals surface area contributed by atoms with E-state index in [1.807, 2.05) is 0 Å². The van der Waals surface area contributed by atoms with E-state index in [-0.39, 0.29) is 38.2 Å². The first-order chi connectivity index (χ1) is 20.8. The standard InChI is InChI=1S/C26H31F10NO9/c1-5-17(38)44-13-21(3,14-45-18(39)6-2)37-20(41)43-12-16-9-7-15(8-10-16)11-42-19(40)23(28,25(32,33)34)46-26(35,36)22(4,27)24(29,30)31/h5-6,15-16H,1-2,7-14H2,3-4H3,(H,37,41). The van der Waals surface area contributed by atoms with Crippen molar-refractivity contribution in [3.05, 3.63) is 25.3 Å². The van der Waals surface area contributed by atoms with Gasteiger partial charge in [0.15, 0.2) is 0 Å². The van der Waals surface area contributed by atoms with E-state index in [2.05, 4.69) is 27.9 Å². The van der Waals surface area contributed by atoms with Crippen LogP contribution in [-0.2, 0) is 38.1 Å². The van der Waals surface area contributed by atoms with E-state index in [0.29, 0.717) is 0 Å². The van der Waals surface area contributed by atoms with Gasteiger partial charge in [-0.2, -0.15) is 39.5 Å². The molecule has 1 rings (SSSR count). The van der Waals surface area contributed by atoms with Crippen molar-refractivity contribution >= 4 is 24.0 Å². The molecule has 1 N–H and O–H groups in total. The lowest BCUT2D eigenvalue weighted by molar-refractivity contribution is -0.448. The van der Waals surface area contributed by atoms with E-state index in [1.54, 1.807) is 0 Å². The number of carbonyl (C=O) groups is 4. The third-order valence-corrected chi connectivity index (χ3v) is 6.64. The second kappa shape index (κ2) is 15.3. The molecule has 264 valence electrons. The molecular weight excluding hydrogens is 660 g/mol. The summed E-state index contributed by atoms with van der Waals surface area (Å²) < 4.78 is 155. The Hall–Kier alpha value is -3.58. The number of ether oxygens (including phenoxy) is 5. The molecular formula is C26H31F10NO9. The van der Waals surface area contributed by atoms with Gasteiger partial charge in [-0.15, -0.1) is 0 Å². The fourth-order valence-corrected chi connectivity index (χ4v) is 3.67. The Kier molecular flexibility index (Phi) is 13.5. The van der Waals surface area contributed by atoms with Crippen LogP contribution in [0.5, 0.6) is 0 Å². The van der Waals surface area contributed by atoms with E-state index in [9.17, 15) is 63.1 Å². The first-order valence-corrected chi connectivity index (χ1v) is 13.1. The highest BCUT2D eigenvalue weighted by Gasteiger charge is 2.76. The maximum absolute atomic E-state index is 14.5. The zero-order chi connectivity index (χ0) is 35.8. The van der Waals surface area contributed by atoms with Crippen LogP contribution in [0.3, 0.4) is 0 Å². The molecule has 0 bridgehead atoms. The minimum Gasteiger partial charge on any atom is -0.461 e. The molecule has 1 aliphatic carbocycles. The zero-order valence-electron chi connectivity index (χ0n) is 24.3. The van der Waals surface area contributed by atoms with Gasteiger partial charge < -0.3 is 24.3 Å². The van der Waals surface area contributed by atoms with E-state index < -0.39 is 92.2 Å². The fraction of sp³-hybridized carbons (Fsp3) is 0.692. The first-order valence-electron chi connectivity index (χ1n) is 13.1. The number of rotatable bonds is 15. The number of hydrogen-bond acceptors (Lipinski definition) is 9. The Labute approximate surface area is 255 Å². The molecule has 0 aromatic heterocycles. The molecule has 0 spiro atoms. The van der Waals surface area contributed by atoms with Gasteiger partial charge >= 0.3 is 48.3 Å². The largest absolute Gasteiger partial charge is 0.461 e. The summed E-state index contributed by atoms with van der Waals surface area (Å²) in [5.41, 5.74) is -7.28. The molecule has 1 amide bonds. The van der Waals surface area contributed by atoms with Crippen molar-refractivity contribution in [1.29, 1.82) is 0 Å². The highest BCUT2D eigenvalue weighted by Crippen LogP contribution is 2.50. The highest BCUT2D eigenvalue weighted by molar-refractivity contribution is 5.82. The molecule has 1 fully saturated rings. The molecule has 0 aliphatic heterocycles. The van der Waals surface area contributed by atoms with Crippen LogP contribution < -0.4 is 5.32 Å². The van der Waals surface area contributed by atoms with Gasteiger partial charge in [0.1, 0.15) is 18.8 Å². The van der Waals surface area contributed by atoms with Gasteiger partial charge in [0.05, 0.1) is 13.2 Å². The number of halogens is 10. The van der Waals surface area contributed by atoms with Crippen molar-refractivity contribution in [2.24, 2.45) is 11.8 Å². The van der Waals surface area contributed by atoms with Gasteiger partial charge in [-0.05, 0) is 51.4 Å². The van der Waals surface area contributed by atoms with Crippen LogP contribution in [0, 0.1) is 11.8 Å². The lowest BCUT2D eigenvalue weighted by atomic mass is 9.83. The Morgan fingerprint density at radius 3 is 1.48 bits per heavy atom. The molecule has 0 aromatic rings. The minimum absolute atomic E-state index is 0.0641. The minimum atomic E-state index is -6.69. The summed E-state index contributed by atoms with van der Waals surface area (Å²) in [6.45, 7) is 4.73. The molecule has 0 radical (unpaired) electrons. The number of amides is 1. The Balaban J connectivity index is 2.73. The van der Waals surface area contributed by atoms with Crippen LogP contribution in [-0.4, -0.2) is 86.0 Å². The fourth-order valence-electron chi connectivity index (χ4n) is 3.67. The van der Waals surface area contributed by atoms with E-state index in [0.717, 1.165) is 12.2 Å². The summed E-state index contributed by atoms with van der Waals surface area (Å²) in [6, 6.07) is 0. The normalized spacial score (nSPS) is 20.3.